The Labute approximate surface area is 320 Å². The Bertz CT molecular complexity index is 2170. The Morgan fingerprint density at radius 2 is 1.50 bits per heavy atom. The van der Waals surface area contributed by atoms with Gasteiger partial charge in [-0.25, -0.2) is 22.5 Å². The number of ketones is 1. The highest BCUT2D eigenvalue weighted by Gasteiger charge is 2.37. The number of nitrogens with one attached hydrogen (secondary N) is 2. The minimum atomic E-state index is -3.99. The normalized spacial score (nSPS) is 12.1. The molecule has 12 nitrogen and oxygen atoms in total. The van der Waals surface area contributed by atoms with Crippen LogP contribution in [0.5, 0.6) is 5.88 Å². The minimum absolute atomic E-state index is 0.0209. The SMILES string of the molecule is CCCCCCCCCCCCNS(=O)(=O)c1ccc(Cl)c(NC(=O)C(C(=O)c2cc(-c3ccccc3)no2)n2c(O)cn(Cc3ccccc3)c2=O)c1. The van der Waals surface area contributed by atoms with E-state index in [4.69, 9.17) is 16.1 Å². The molecule has 14 heteroatoms. The van der Waals surface area contributed by atoms with Gasteiger partial charge in [0, 0.05) is 18.2 Å². The highest BCUT2D eigenvalue weighted by molar-refractivity contribution is 7.89. The fraction of sp³-hybridized carbons (Fsp3) is 0.350. The monoisotopic (exact) mass is 775 g/mol. The third-order valence-corrected chi connectivity index (χ3v) is 10.9. The van der Waals surface area contributed by atoms with Gasteiger partial charge >= 0.3 is 5.69 Å². The van der Waals surface area contributed by atoms with E-state index in [0.29, 0.717) is 22.2 Å². The summed E-state index contributed by atoms with van der Waals surface area (Å²) in [5.74, 6) is -3.09. The summed E-state index contributed by atoms with van der Waals surface area (Å²) < 4.78 is 36.2. The number of carbonyl (C=O) groups excluding carboxylic acids is 2. The predicted molar refractivity (Wildman–Crippen MR) is 208 cm³/mol. The van der Waals surface area contributed by atoms with Gasteiger partial charge in [-0.05, 0) is 30.2 Å². The number of amides is 1. The first-order valence-electron chi connectivity index (χ1n) is 18.3. The van der Waals surface area contributed by atoms with Crippen molar-refractivity contribution in [3.8, 4) is 17.1 Å². The van der Waals surface area contributed by atoms with E-state index in [-0.39, 0.29) is 34.5 Å². The van der Waals surface area contributed by atoms with Gasteiger partial charge in [0.1, 0.15) is 5.69 Å². The summed E-state index contributed by atoms with van der Waals surface area (Å²) in [5.41, 5.74) is 0.703. The lowest BCUT2D eigenvalue weighted by atomic mass is 10.1. The topological polar surface area (TPSA) is 166 Å². The van der Waals surface area contributed by atoms with Crippen LogP contribution in [0.4, 0.5) is 5.69 Å². The molecule has 5 rings (SSSR count). The zero-order valence-corrected chi connectivity index (χ0v) is 31.8. The summed E-state index contributed by atoms with van der Waals surface area (Å²) in [6.07, 6.45) is 12.3. The van der Waals surface area contributed by atoms with Crippen LogP contribution in [0.25, 0.3) is 11.3 Å². The molecule has 54 heavy (non-hydrogen) atoms. The maximum Gasteiger partial charge on any atom is 0.332 e. The number of imidazole rings is 1. The summed E-state index contributed by atoms with van der Waals surface area (Å²) in [5, 5.41) is 17.5. The average Bonchev–Trinajstić information content (AvgIpc) is 3.77. The van der Waals surface area contributed by atoms with Crippen molar-refractivity contribution in [1.82, 2.24) is 19.0 Å². The Hall–Kier alpha value is -4.98. The first kappa shape index (κ1) is 40.2. The molecule has 3 N–H and O–H groups in total. The zero-order chi connectivity index (χ0) is 38.5. The van der Waals surface area contributed by atoms with E-state index in [2.05, 4.69) is 22.1 Å². The minimum Gasteiger partial charge on any atom is -0.493 e. The largest absolute Gasteiger partial charge is 0.493 e. The van der Waals surface area contributed by atoms with Gasteiger partial charge < -0.3 is 14.9 Å². The van der Waals surface area contributed by atoms with Gasteiger partial charge in [0.05, 0.1) is 28.3 Å². The van der Waals surface area contributed by atoms with Crippen molar-refractivity contribution in [3.05, 3.63) is 118 Å². The summed E-state index contributed by atoms with van der Waals surface area (Å²) in [6.45, 7) is 2.48. The van der Waals surface area contributed by atoms with Gasteiger partial charge in [0.15, 0.2) is 6.04 Å². The second-order valence-corrected chi connectivity index (χ2v) is 15.3. The number of Topliss-reactive ketones (excluding diaryl/α,β-unsaturated/α-hetero) is 1. The van der Waals surface area contributed by atoms with Gasteiger partial charge in [-0.15, -0.1) is 0 Å². The molecule has 286 valence electrons. The average molecular weight is 776 g/mol. The third-order valence-electron chi connectivity index (χ3n) is 9.07. The van der Waals surface area contributed by atoms with Gasteiger partial charge in [0.2, 0.25) is 27.4 Å². The van der Waals surface area contributed by atoms with E-state index in [1.807, 2.05) is 12.1 Å². The molecule has 0 fully saturated rings. The van der Waals surface area contributed by atoms with Crippen molar-refractivity contribution >= 4 is 39.0 Å². The fourth-order valence-corrected chi connectivity index (χ4v) is 7.39. The maximum absolute atomic E-state index is 14.1. The zero-order valence-electron chi connectivity index (χ0n) is 30.2. The number of aromatic hydroxyl groups is 1. The lowest BCUT2D eigenvalue weighted by Crippen LogP contribution is -2.39. The van der Waals surface area contributed by atoms with Crippen molar-refractivity contribution in [2.75, 3.05) is 11.9 Å². The molecule has 5 aromatic rings. The summed E-state index contributed by atoms with van der Waals surface area (Å²) in [6, 6.07) is 21.0. The van der Waals surface area contributed by atoms with Crippen LogP contribution in [0.2, 0.25) is 5.02 Å². The maximum atomic E-state index is 14.1. The molecule has 0 spiro atoms. The molecule has 1 unspecified atom stereocenters. The molecular formula is C40H46ClN5O7S. The van der Waals surface area contributed by atoms with Crippen LogP contribution >= 0.6 is 11.6 Å². The molecule has 0 aliphatic carbocycles. The van der Waals surface area contributed by atoms with Crippen LogP contribution in [0, 0.1) is 0 Å². The summed E-state index contributed by atoms with van der Waals surface area (Å²) in [4.78, 5) is 41.7. The third kappa shape index (κ3) is 10.6. The smallest absolute Gasteiger partial charge is 0.332 e. The number of hydrogen-bond acceptors (Lipinski definition) is 8. The lowest BCUT2D eigenvalue weighted by Gasteiger charge is -2.17. The van der Waals surface area contributed by atoms with Crippen molar-refractivity contribution in [1.29, 1.82) is 0 Å². The van der Waals surface area contributed by atoms with Crippen LogP contribution in [0.15, 0.2) is 105 Å². The fourth-order valence-electron chi connectivity index (χ4n) is 6.12. The molecule has 2 heterocycles. The number of aromatic nitrogens is 3. The van der Waals surface area contributed by atoms with Crippen LogP contribution in [0.1, 0.15) is 93.3 Å². The van der Waals surface area contributed by atoms with Crippen LogP contribution in [-0.2, 0) is 21.4 Å². The molecule has 0 radical (unpaired) electrons. The van der Waals surface area contributed by atoms with Crippen LogP contribution in [-0.4, -0.2) is 46.1 Å². The number of sulfonamides is 1. The Kier molecular flexibility index (Phi) is 14.4. The Morgan fingerprint density at radius 1 is 0.870 bits per heavy atom. The van der Waals surface area contributed by atoms with Gasteiger partial charge in [-0.1, -0.05) is 142 Å². The Morgan fingerprint density at radius 3 is 2.17 bits per heavy atom. The second-order valence-electron chi connectivity index (χ2n) is 13.2. The molecule has 2 aromatic heterocycles. The highest BCUT2D eigenvalue weighted by Crippen LogP contribution is 2.29. The molecule has 1 amide bonds. The molecule has 0 bridgehead atoms. The van der Waals surface area contributed by atoms with Gasteiger partial charge in [0.25, 0.3) is 5.91 Å². The number of unbranched alkanes of at least 4 members (excludes halogenated alkanes) is 9. The van der Waals surface area contributed by atoms with E-state index in [9.17, 15) is 27.9 Å². The highest BCUT2D eigenvalue weighted by atomic mass is 35.5. The standard InChI is InChI=1S/C40H46ClN5O7S/c1-2-3-4-5-6-7-8-9-10-17-24-42-54(51,52)31-22-23-32(41)34(25-31)43-39(49)37(38(48)35-26-33(44-53-35)30-20-15-12-16-21-30)46-36(47)28-45(40(46)50)27-29-18-13-11-14-19-29/h11-16,18-23,25-26,28,37,42,47H,2-10,17,24,27H2,1H3,(H,43,49). The molecule has 0 aliphatic heterocycles. The molecule has 0 saturated carbocycles. The summed E-state index contributed by atoms with van der Waals surface area (Å²) in [7, 11) is -3.99. The number of anilines is 1. The van der Waals surface area contributed by atoms with E-state index in [1.165, 1.54) is 62.8 Å². The van der Waals surface area contributed by atoms with Gasteiger partial charge in [-0.2, -0.15) is 0 Å². The van der Waals surface area contributed by atoms with E-state index < -0.39 is 39.3 Å². The number of halogens is 1. The van der Waals surface area contributed by atoms with Crippen molar-refractivity contribution in [2.45, 2.75) is 88.6 Å². The van der Waals surface area contributed by atoms with Crippen LogP contribution in [0.3, 0.4) is 0 Å². The number of hydrogen-bond donors (Lipinski definition) is 3. The number of nitrogens with zero attached hydrogens (tertiary/aromatic N) is 3. The number of carbonyl (C=O) groups is 2. The quantitative estimate of drug-likeness (QED) is 0.0384. The van der Waals surface area contributed by atoms with E-state index in [0.717, 1.165) is 35.6 Å². The number of rotatable bonds is 21. The second kappa shape index (κ2) is 19.4. The lowest BCUT2D eigenvalue weighted by molar-refractivity contribution is -0.118. The molecule has 0 saturated heterocycles. The summed E-state index contributed by atoms with van der Waals surface area (Å²) >= 11 is 6.42. The van der Waals surface area contributed by atoms with Crippen molar-refractivity contribution in [2.24, 2.45) is 0 Å². The van der Waals surface area contributed by atoms with E-state index in [1.54, 1.807) is 48.5 Å². The van der Waals surface area contributed by atoms with E-state index >= 15 is 0 Å². The first-order valence-corrected chi connectivity index (χ1v) is 20.2. The van der Waals surface area contributed by atoms with Crippen molar-refractivity contribution in [3.63, 3.8) is 0 Å². The molecular weight excluding hydrogens is 730 g/mol. The molecule has 1 atom stereocenters. The molecule has 0 aliphatic rings. The molecule has 3 aromatic carbocycles. The predicted octanol–water partition coefficient (Wildman–Crippen LogP) is 7.97. The Balaban J connectivity index is 1.33. The van der Waals surface area contributed by atoms with Crippen LogP contribution < -0.4 is 15.7 Å². The number of benzene rings is 3. The van der Waals surface area contributed by atoms with Crippen molar-refractivity contribution < 1.29 is 27.6 Å². The first-order chi connectivity index (χ1) is 26.1. The van der Waals surface area contributed by atoms with Gasteiger partial charge in [-0.3, -0.25) is 14.2 Å².